The van der Waals surface area contributed by atoms with Gasteiger partial charge in [-0.15, -0.1) is 0 Å². The van der Waals surface area contributed by atoms with Crippen molar-refractivity contribution in [3.63, 3.8) is 0 Å². The number of piperazine rings is 1. The second kappa shape index (κ2) is 6.02. The van der Waals surface area contributed by atoms with Gasteiger partial charge >= 0.3 is 0 Å². The number of nitrogens with one attached hydrogen (secondary N) is 1. The van der Waals surface area contributed by atoms with Crippen LogP contribution >= 0.6 is 0 Å². The molecule has 2 heteroatoms. The van der Waals surface area contributed by atoms with Crippen molar-refractivity contribution in [3.8, 4) is 0 Å². The van der Waals surface area contributed by atoms with E-state index in [-0.39, 0.29) is 0 Å². The van der Waals surface area contributed by atoms with Crippen LogP contribution in [-0.2, 0) is 0 Å². The molecule has 0 aromatic heterocycles. The molecule has 3 atom stereocenters. The molecule has 1 fully saturated rings. The molecule has 1 heterocycles. The number of rotatable bonds is 4. The Bertz CT molecular complexity index is 191. The van der Waals surface area contributed by atoms with Gasteiger partial charge in [0.25, 0.3) is 0 Å². The molecule has 1 rings (SSSR count). The van der Waals surface area contributed by atoms with Gasteiger partial charge in [-0.2, -0.15) is 0 Å². The predicted molar refractivity (Wildman–Crippen MR) is 71.7 cm³/mol. The van der Waals surface area contributed by atoms with E-state index < -0.39 is 0 Å². The summed E-state index contributed by atoms with van der Waals surface area (Å²) in [6.07, 6.45) is 1.27. The summed E-state index contributed by atoms with van der Waals surface area (Å²) >= 11 is 0. The van der Waals surface area contributed by atoms with Crippen LogP contribution in [0.3, 0.4) is 0 Å². The summed E-state index contributed by atoms with van der Waals surface area (Å²) in [5.74, 6) is 1.50. The van der Waals surface area contributed by atoms with Crippen LogP contribution in [0, 0.1) is 11.8 Å². The average Bonchev–Trinajstić information content (AvgIpc) is 2.17. The minimum atomic E-state index is 0.641. The first-order valence-electron chi connectivity index (χ1n) is 6.96. The molecule has 1 N–H and O–H groups in total. The van der Waals surface area contributed by atoms with Crippen LogP contribution in [-0.4, -0.2) is 36.1 Å². The Kier molecular flexibility index (Phi) is 5.26. The van der Waals surface area contributed by atoms with E-state index in [2.05, 4.69) is 51.8 Å². The summed E-state index contributed by atoms with van der Waals surface area (Å²) in [5, 5.41) is 3.62. The third-order valence-electron chi connectivity index (χ3n) is 3.97. The Hall–Kier alpha value is -0.0800. The highest BCUT2D eigenvalue weighted by Gasteiger charge is 2.33. The summed E-state index contributed by atoms with van der Waals surface area (Å²) in [4.78, 5) is 2.76. The van der Waals surface area contributed by atoms with E-state index in [9.17, 15) is 0 Å². The number of nitrogens with zero attached hydrogens (tertiary/aromatic N) is 1. The van der Waals surface area contributed by atoms with Gasteiger partial charge in [0.05, 0.1) is 0 Å². The van der Waals surface area contributed by atoms with Crippen molar-refractivity contribution in [2.24, 2.45) is 11.8 Å². The van der Waals surface area contributed by atoms with Crippen molar-refractivity contribution in [2.75, 3.05) is 13.1 Å². The number of hydrogen-bond acceptors (Lipinski definition) is 2. The Balaban J connectivity index is 2.76. The normalized spacial score (nSPS) is 30.0. The molecule has 0 saturated carbocycles. The van der Waals surface area contributed by atoms with Gasteiger partial charge in [0.15, 0.2) is 0 Å². The van der Waals surface area contributed by atoms with Gasteiger partial charge in [0, 0.05) is 31.2 Å². The van der Waals surface area contributed by atoms with Gasteiger partial charge in [-0.05, 0) is 25.2 Å². The molecule has 0 aromatic rings. The first kappa shape index (κ1) is 14.0. The van der Waals surface area contributed by atoms with E-state index in [1.807, 2.05) is 0 Å². The fraction of sp³-hybridized carbons (Fsp3) is 1.00. The zero-order valence-electron chi connectivity index (χ0n) is 12.0. The maximum absolute atomic E-state index is 3.62. The molecule has 0 bridgehead atoms. The van der Waals surface area contributed by atoms with Crippen molar-refractivity contribution >= 4 is 0 Å². The van der Waals surface area contributed by atoms with E-state index in [1.165, 1.54) is 13.0 Å². The fourth-order valence-electron chi connectivity index (χ4n) is 3.04. The third-order valence-corrected chi connectivity index (χ3v) is 3.97. The SMILES string of the molecule is CCC(C(C)C)N1CC(C)NCC1C(C)C. The Morgan fingerprint density at radius 3 is 2.31 bits per heavy atom. The van der Waals surface area contributed by atoms with Crippen LogP contribution < -0.4 is 5.32 Å². The second-order valence-corrected chi connectivity index (χ2v) is 6.04. The molecule has 2 nitrogen and oxygen atoms in total. The Labute approximate surface area is 102 Å². The van der Waals surface area contributed by atoms with Gasteiger partial charge in [-0.1, -0.05) is 34.6 Å². The molecular formula is C14H30N2. The molecule has 0 radical (unpaired) electrons. The lowest BCUT2D eigenvalue weighted by Gasteiger charge is -2.47. The molecule has 0 spiro atoms. The van der Waals surface area contributed by atoms with Gasteiger partial charge in [-0.3, -0.25) is 4.90 Å². The molecule has 1 saturated heterocycles. The summed E-state index contributed by atoms with van der Waals surface area (Å²) in [6, 6.07) is 2.10. The fourth-order valence-corrected chi connectivity index (χ4v) is 3.04. The predicted octanol–water partition coefficient (Wildman–Crippen LogP) is 2.74. The first-order chi connectivity index (χ1) is 7.47. The summed E-state index contributed by atoms with van der Waals surface area (Å²) in [6.45, 7) is 16.4. The molecule has 0 amide bonds. The lowest BCUT2D eigenvalue weighted by molar-refractivity contribution is 0.0371. The molecule has 1 aliphatic heterocycles. The average molecular weight is 226 g/mol. The summed E-state index contributed by atoms with van der Waals surface area (Å²) in [5.41, 5.74) is 0. The molecule has 16 heavy (non-hydrogen) atoms. The first-order valence-corrected chi connectivity index (χ1v) is 6.96. The van der Waals surface area contributed by atoms with Crippen molar-refractivity contribution in [1.82, 2.24) is 10.2 Å². The Morgan fingerprint density at radius 2 is 1.88 bits per heavy atom. The maximum Gasteiger partial charge on any atom is 0.0247 e. The van der Waals surface area contributed by atoms with Crippen LogP contribution in [0.15, 0.2) is 0 Å². The van der Waals surface area contributed by atoms with Crippen molar-refractivity contribution < 1.29 is 0 Å². The van der Waals surface area contributed by atoms with E-state index in [0.29, 0.717) is 12.1 Å². The van der Waals surface area contributed by atoms with Crippen molar-refractivity contribution in [2.45, 2.75) is 66.1 Å². The molecule has 1 aliphatic rings. The number of hydrogen-bond donors (Lipinski definition) is 1. The van der Waals surface area contributed by atoms with Crippen LogP contribution in [0.1, 0.15) is 48.0 Å². The molecule has 0 aliphatic carbocycles. The van der Waals surface area contributed by atoms with Crippen LogP contribution in [0.25, 0.3) is 0 Å². The lowest BCUT2D eigenvalue weighted by Crippen LogP contribution is -2.61. The standard InChI is InChI=1S/C14H30N2/c1-7-13(10(2)3)16-9-12(6)15-8-14(16)11(4)5/h10-15H,7-9H2,1-6H3. The Morgan fingerprint density at radius 1 is 1.25 bits per heavy atom. The van der Waals surface area contributed by atoms with Crippen LogP contribution in [0.2, 0.25) is 0 Å². The summed E-state index contributed by atoms with van der Waals surface area (Å²) in [7, 11) is 0. The minimum Gasteiger partial charge on any atom is -0.311 e. The van der Waals surface area contributed by atoms with Crippen molar-refractivity contribution in [1.29, 1.82) is 0 Å². The highest BCUT2D eigenvalue weighted by molar-refractivity contribution is 4.90. The van der Waals surface area contributed by atoms with E-state index in [1.54, 1.807) is 0 Å². The van der Waals surface area contributed by atoms with Crippen LogP contribution in [0.5, 0.6) is 0 Å². The van der Waals surface area contributed by atoms with Gasteiger partial charge in [-0.25, -0.2) is 0 Å². The van der Waals surface area contributed by atoms with Gasteiger partial charge < -0.3 is 5.32 Å². The highest BCUT2D eigenvalue weighted by Crippen LogP contribution is 2.23. The van der Waals surface area contributed by atoms with Crippen molar-refractivity contribution in [3.05, 3.63) is 0 Å². The van der Waals surface area contributed by atoms with E-state index >= 15 is 0 Å². The quantitative estimate of drug-likeness (QED) is 0.793. The minimum absolute atomic E-state index is 0.641. The lowest BCUT2D eigenvalue weighted by atomic mass is 9.91. The molecule has 96 valence electrons. The van der Waals surface area contributed by atoms with E-state index in [4.69, 9.17) is 0 Å². The van der Waals surface area contributed by atoms with E-state index in [0.717, 1.165) is 24.4 Å². The van der Waals surface area contributed by atoms with Gasteiger partial charge in [0.1, 0.15) is 0 Å². The molecule has 0 aromatic carbocycles. The third kappa shape index (κ3) is 3.21. The zero-order valence-corrected chi connectivity index (χ0v) is 12.0. The molecule has 3 unspecified atom stereocenters. The second-order valence-electron chi connectivity index (χ2n) is 6.04. The highest BCUT2D eigenvalue weighted by atomic mass is 15.3. The summed E-state index contributed by atoms with van der Waals surface area (Å²) < 4.78 is 0. The van der Waals surface area contributed by atoms with Crippen LogP contribution in [0.4, 0.5) is 0 Å². The topological polar surface area (TPSA) is 15.3 Å². The largest absolute Gasteiger partial charge is 0.311 e. The maximum atomic E-state index is 3.62. The smallest absolute Gasteiger partial charge is 0.0247 e. The monoisotopic (exact) mass is 226 g/mol. The molecular weight excluding hydrogens is 196 g/mol. The zero-order chi connectivity index (χ0) is 12.3. The van der Waals surface area contributed by atoms with Gasteiger partial charge in [0.2, 0.25) is 0 Å².